The van der Waals surface area contributed by atoms with Crippen molar-refractivity contribution < 1.29 is 9.53 Å². The highest BCUT2D eigenvalue weighted by atomic mass is 35.5. The molecule has 0 unspecified atom stereocenters. The third kappa shape index (κ3) is 5.30. The first-order valence-electron chi connectivity index (χ1n) is 7.29. The van der Waals surface area contributed by atoms with Gasteiger partial charge in [-0.15, -0.1) is 12.4 Å². The zero-order valence-corrected chi connectivity index (χ0v) is 13.5. The van der Waals surface area contributed by atoms with Gasteiger partial charge in [0.2, 0.25) is 5.91 Å². The van der Waals surface area contributed by atoms with Crippen LogP contribution in [-0.4, -0.2) is 31.2 Å². The molecule has 1 aliphatic rings. The van der Waals surface area contributed by atoms with Crippen molar-refractivity contribution in [3.05, 3.63) is 34.9 Å². The Morgan fingerprint density at radius 2 is 1.95 bits per heavy atom. The number of ether oxygens (including phenoxy) is 1. The minimum Gasteiger partial charge on any atom is -0.364 e. The summed E-state index contributed by atoms with van der Waals surface area (Å²) >= 11 is 0. The summed E-state index contributed by atoms with van der Waals surface area (Å²) in [6.45, 7) is 5.32. The molecule has 1 aliphatic heterocycles. The summed E-state index contributed by atoms with van der Waals surface area (Å²) in [5.74, 6) is -0.00896. The molecule has 0 aliphatic carbocycles. The number of aryl methyl sites for hydroxylation is 2. The van der Waals surface area contributed by atoms with Crippen LogP contribution in [0.5, 0.6) is 0 Å². The molecule has 0 radical (unpaired) electrons. The molecule has 118 valence electrons. The molecule has 5 heteroatoms. The van der Waals surface area contributed by atoms with Crippen LogP contribution in [0.1, 0.15) is 29.5 Å². The van der Waals surface area contributed by atoms with E-state index in [1.54, 1.807) is 0 Å². The summed E-state index contributed by atoms with van der Waals surface area (Å²) in [4.78, 5) is 12.0. The molecule has 0 spiro atoms. The summed E-state index contributed by atoms with van der Waals surface area (Å²) in [6, 6.07) is 6.48. The number of nitrogens with one attached hydrogen (secondary N) is 1. The van der Waals surface area contributed by atoms with Crippen molar-refractivity contribution in [2.75, 3.05) is 13.1 Å². The van der Waals surface area contributed by atoms with Crippen molar-refractivity contribution in [2.24, 2.45) is 5.73 Å². The lowest BCUT2D eigenvalue weighted by atomic mass is 10.1. The number of hydrogen-bond acceptors (Lipinski definition) is 3. The second kappa shape index (κ2) is 8.37. The summed E-state index contributed by atoms with van der Waals surface area (Å²) in [5.41, 5.74) is 9.32. The highest BCUT2D eigenvalue weighted by Crippen LogP contribution is 2.18. The van der Waals surface area contributed by atoms with Crippen molar-refractivity contribution in [1.29, 1.82) is 0 Å². The molecule has 2 rings (SSSR count). The van der Waals surface area contributed by atoms with Gasteiger partial charge in [0.05, 0.1) is 6.10 Å². The van der Waals surface area contributed by atoms with Crippen molar-refractivity contribution in [3.63, 3.8) is 0 Å². The van der Waals surface area contributed by atoms with Gasteiger partial charge in [0.15, 0.2) is 0 Å². The van der Waals surface area contributed by atoms with E-state index in [9.17, 15) is 4.79 Å². The van der Waals surface area contributed by atoms with Crippen LogP contribution in [-0.2, 0) is 16.0 Å². The van der Waals surface area contributed by atoms with Crippen LogP contribution in [0, 0.1) is 13.8 Å². The van der Waals surface area contributed by atoms with Crippen molar-refractivity contribution in [3.8, 4) is 0 Å². The molecule has 1 heterocycles. The Morgan fingerprint density at radius 1 is 1.29 bits per heavy atom. The zero-order chi connectivity index (χ0) is 14.5. The van der Waals surface area contributed by atoms with Crippen LogP contribution in [0.15, 0.2) is 18.2 Å². The molecular weight excluding hydrogens is 288 g/mol. The molecule has 1 aromatic carbocycles. The Balaban J connectivity index is 0.00000220. The predicted molar refractivity (Wildman–Crippen MR) is 86.8 cm³/mol. The van der Waals surface area contributed by atoms with Gasteiger partial charge >= 0.3 is 0 Å². The molecule has 1 aromatic rings. The lowest BCUT2D eigenvalue weighted by Crippen LogP contribution is -2.36. The Morgan fingerprint density at radius 3 is 2.52 bits per heavy atom. The zero-order valence-electron chi connectivity index (χ0n) is 12.7. The first-order valence-corrected chi connectivity index (χ1v) is 7.29. The smallest absolute Gasteiger partial charge is 0.249 e. The standard InChI is InChI=1S/C16H24N2O2.ClH/c1-11-7-12(2)9-13(8-11)5-6-18-16(19)15-4-3-14(10-17)20-15;/h7-9,14-15H,3-6,10,17H2,1-2H3,(H,18,19);1H/t14-,15+;/m1./s1. The van der Waals surface area contributed by atoms with Crippen LogP contribution >= 0.6 is 12.4 Å². The topological polar surface area (TPSA) is 64.4 Å². The minimum absolute atomic E-state index is 0. The second-order valence-electron chi connectivity index (χ2n) is 5.60. The van der Waals surface area contributed by atoms with E-state index in [2.05, 4.69) is 37.4 Å². The lowest BCUT2D eigenvalue weighted by Gasteiger charge is -2.13. The van der Waals surface area contributed by atoms with E-state index >= 15 is 0 Å². The predicted octanol–water partition coefficient (Wildman–Crippen LogP) is 1.89. The van der Waals surface area contributed by atoms with E-state index in [1.807, 2.05) is 0 Å². The largest absolute Gasteiger partial charge is 0.364 e. The van der Waals surface area contributed by atoms with Crippen LogP contribution in [0.3, 0.4) is 0 Å². The molecule has 3 N–H and O–H groups in total. The van der Waals surface area contributed by atoms with Crippen LogP contribution < -0.4 is 11.1 Å². The number of nitrogens with two attached hydrogens (primary N) is 1. The fourth-order valence-electron chi connectivity index (χ4n) is 2.73. The molecular formula is C16H25ClN2O2. The van der Waals surface area contributed by atoms with E-state index in [4.69, 9.17) is 10.5 Å². The van der Waals surface area contributed by atoms with Crippen molar-refractivity contribution in [2.45, 2.75) is 45.3 Å². The van der Waals surface area contributed by atoms with Crippen LogP contribution in [0.2, 0.25) is 0 Å². The third-order valence-electron chi connectivity index (χ3n) is 3.66. The number of amides is 1. The normalized spacial score (nSPS) is 20.9. The third-order valence-corrected chi connectivity index (χ3v) is 3.66. The minimum atomic E-state index is -0.317. The highest BCUT2D eigenvalue weighted by Gasteiger charge is 2.29. The number of rotatable bonds is 5. The van der Waals surface area contributed by atoms with Gasteiger partial charge in [0, 0.05) is 13.1 Å². The van der Waals surface area contributed by atoms with Gasteiger partial charge in [-0.05, 0) is 38.7 Å². The Bertz CT molecular complexity index is 459. The van der Waals surface area contributed by atoms with Crippen LogP contribution in [0.4, 0.5) is 0 Å². The molecule has 0 bridgehead atoms. The van der Waals surface area contributed by atoms with Gasteiger partial charge in [0.25, 0.3) is 0 Å². The van der Waals surface area contributed by atoms with E-state index in [-0.39, 0.29) is 30.5 Å². The van der Waals surface area contributed by atoms with Gasteiger partial charge in [0.1, 0.15) is 6.10 Å². The average Bonchev–Trinajstić information content (AvgIpc) is 2.86. The first-order chi connectivity index (χ1) is 9.58. The number of benzene rings is 1. The highest BCUT2D eigenvalue weighted by molar-refractivity contribution is 5.85. The Kier molecular flexibility index (Phi) is 7.15. The molecule has 0 saturated carbocycles. The summed E-state index contributed by atoms with van der Waals surface area (Å²) < 4.78 is 5.58. The Hall–Kier alpha value is -1.10. The van der Waals surface area contributed by atoms with Crippen molar-refractivity contribution >= 4 is 18.3 Å². The van der Waals surface area contributed by atoms with E-state index < -0.39 is 0 Å². The van der Waals surface area contributed by atoms with E-state index in [0.717, 1.165) is 19.3 Å². The van der Waals surface area contributed by atoms with E-state index in [0.29, 0.717) is 13.1 Å². The van der Waals surface area contributed by atoms with Gasteiger partial charge in [-0.2, -0.15) is 0 Å². The SMILES string of the molecule is Cc1cc(C)cc(CCNC(=O)[C@@H]2CC[C@H](CN)O2)c1.Cl. The average molecular weight is 313 g/mol. The maximum atomic E-state index is 12.0. The fraction of sp³-hybridized carbons (Fsp3) is 0.562. The molecule has 1 fully saturated rings. The number of halogens is 1. The van der Waals surface area contributed by atoms with Gasteiger partial charge in [-0.1, -0.05) is 29.3 Å². The maximum absolute atomic E-state index is 12.0. The molecule has 1 amide bonds. The molecule has 21 heavy (non-hydrogen) atoms. The lowest BCUT2D eigenvalue weighted by molar-refractivity contribution is -0.131. The summed E-state index contributed by atoms with van der Waals surface area (Å²) in [5, 5.41) is 2.95. The molecule has 4 nitrogen and oxygen atoms in total. The maximum Gasteiger partial charge on any atom is 0.249 e. The first kappa shape index (κ1) is 18.0. The van der Waals surface area contributed by atoms with Gasteiger partial charge in [-0.3, -0.25) is 4.79 Å². The quantitative estimate of drug-likeness (QED) is 0.872. The summed E-state index contributed by atoms with van der Waals surface area (Å²) in [7, 11) is 0. The van der Waals surface area contributed by atoms with Crippen molar-refractivity contribution in [1.82, 2.24) is 5.32 Å². The Labute approximate surface area is 132 Å². The molecule has 0 aromatic heterocycles. The second-order valence-corrected chi connectivity index (χ2v) is 5.60. The fourth-order valence-corrected chi connectivity index (χ4v) is 2.73. The number of hydrogen-bond donors (Lipinski definition) is 2. The molecule has 2 atom stereocenters. The molecule has 1 saturated heterocycles. The van der Waals surface area contributed by atoms with E-state index in [1.165, 1.54) is 16.7 Å². The number of carbonyl (C=O) groups is 1. The van der Waals surface area contributed by atoms with Crippen LogP contribution in [0.25, 0.3) is 0 Å². The van der Waals surface area contributed by atoms with Gasteiger partial charge < -0.3 is 15.8 Å². The monoisotopic (exact) mass is 312 g/mol. The summed E-state index contributed by atoms with van der Waals surface area (Å²) in [6.07, 6.45) is 2.23. The van der Waals surface area contributed by atoms with Gasteiger partial charge in [-0.25, -0.2) is 0 Å². The number of carbonyl (C=O) groups excluding carboxylic acids is 1.